The number of ether oxygens (including phenoxy) is 2. The van der Waals surface area contributed by atoms with Crippen molar-refractivity contribution in [2.75, 3.05) is 13.2 Å². The minimum Gasteiger partial charge on any atom is -0.716 e. The average molecular weight is 1290 g/mol. The fourth-order valence-corrected chi connectivity index (χ4v) is 8.99. The van der Waals surface area contributed by atoms with Crippen molar-refractivity contribution in [1.82, 2.24) is 0 Å². The van der Waals surface area contributed by atoms with Gasteiger partial charge < -0.3 is 88.2 Å². The predicted octanol–water partition coefficient (Wildman–Crippen LogP) is -2.04. The smallest absolute Gasteiger partial charge is 0.262 e. The van der Waals surface area contributed by atoms with E-state index < -0.39 is 209 Å². The highest BCUT2D eigenvalue weighted by Gasteiger charge is 2.28. The number of hydrogen-bond acceptors (Lipinski definition) is 38. The Morgan fingerprint density at radius 3 is 0.925 bits per heavy atom. The molecule has 0 radical (unpaired) electrons. The standard InChI is InChI=1S/C34H24O38S8/c35-29-27-23(11-17(65-73(37,38)39)13-25(27)63-31(33(29)71-79(55,56)57)15-3-5-19(67-75(43,44)45)21(9-15)69-77(49,50)51)61-7-1-2-8-62-24-12-18(66-74(40,41)42)14-26-28(24)30(36)34(72-80(58,59)60)32(64-26)16-4-6-20(68-76(46,47)48)22(10-16)70-78(52,53)54/h1-6,9-14H,7-8H2,(H,37,38,39)(H,40,41,42)(H,43,44,45)(H,46,47,48)(H,49,50,51)(H,52,53,54)(H,55,56,57)(H,58,59,60)/p-8/b2-1+. The van der Waals surface area contributed by atoms with Gasteiger partial charge in [-0.2, -0.15) is 0 Å². The lowest BCUT2D eigenvalue weighted by Gasteiger charge is -2.18. The first-order valence-corrected chi connectivity index (χ1v) is 29.8. The molecule has 80 heavy (non-hydrogen) atoms. The molecule has 0 unspecified atom stereocenters. The van der Waals surface area contributed by atoms with Crippen LogP contribution in [0.25, 0.3) is 44.6 Å². The van der Waals surface area contributed by atoms with E-state index in [0.29, 0.717) is 48.5 Å². The van der Waals surface area contributed by atoms with Crippen LogP contribution in [0.2, 0.25) is 0 Å². The van der Waals surface area contributed by atoms with Crippen molar-refractivity contribution in [2.24, 2.45) is 0 Å². The van der Waals surface area contributed by atoms with Crippen LogP contribution in [0.1, 0.15) is 0 Å². The summed E-state index contributed by atoms with van der Waals surface area (Å²) in [6, 6.07) is 4.12. The van der Waals surface area contributed by atoms with Crippen molar-refractivity contribution in [3.8, 4) is 80.1 Å². The van der Waals surface area contributed by atoms with E-state index in [0.717, 1.165) is 12.2 Å². The van der Waals surface area contributed by atoms with Crippen LogP contribution in [-0.4, -0.2) is 117 Å². The van der Waals surface area contributed by atoms with Crippen LogP contribution in [-0.2, 0) is 83.2 Å². The fourth-order valence-electron chi connectivity index (χ4n) is 6.20. The van der Waals surface area contributed by atoms with Gasteiger partial charge in [0.1, 0.15) is 58.2 Å². The lowest BCUT2D eigenvalue weighted by atomic mass is 10.1. The summed E-state index contributed by atoms with van der Waals surface area (Å²) in [7, 11) is -47.0. The van der Waals surface area contributed by atoms with E-state index in [1.165, 1.54) is 0 Å². The second-order valence-corrected chi connectivity index (χ2v) is 22.0. The molecule has 0 atom stereocenters. The van der Waals surface area contributed by atoms with Crippen molar-refractivity contribution < 1.29 is 156 Å². The molecule has 0 bridgehead atoms. The van der Waals surface area contributed by atoms with Crippen LogP contribution in [0, 0.1) is 0 Å². The van der Waals surface area contributed by atoms with Crippen LogP contribution < -0.4 is 53.8 Å². The van der Waals surface area contributed by atoms with Crippen LogP contribution in [0.5, 0.6) is 57.5 Å². The highest BCUT2D eigenvalue weighted by atomic mass is 32.3. The molecule has 0 amide bonds. The summed E-state index contributed by atoms with van der Waals surface area (Å²) >= 11 is 0. The molecule has 38 nitrogen and oxygen atoms in total. The van der Waals surface area contributed by atoms with Crippen molar-refractivity contribution in [3.63, 3.8) is 0 Å². The van der Waals surface area contributed by atoms with Crippen LogP contribution >= 0.6 is 0 Å². The molecule has 436 valence electrons. The summed E-state index contributed by atoms with van der Waals surface area (Å²) in [5.41, 5.74) is -7.31. The molecule has 0 aliphatic heterocycles. The van der Waals surface area contributed by atoms with Gasteiger partial charge in [-0.3, -0.25) is 9.59 Å². The number of hydrogen-bond donors (Lipinski definition) is 0. The highest BCUT2D eigenvalue weighted by Crippen LogP contribution is 2.43. The van der Waals surface area contributed by atoms with Crippen molar-refractivity contribution >= 4 is 105 Å². The van der Waals surface area contributed by atoms with E-state index in [1.54, 1.807) is 0 Å². The maximum Gasteiger partial charge on any atom is 0.262 e. The van der Waals surface area contributed by atoms with Gasteiger partial charge in [0.15, 0.2) is 34.5 Å². The minimum absolute atomic E-state index is 0.248. The van der Waals surface area contributed by atoms with E-state index in [9.17, 15) is 113 Å². The molecule has 0 saturated carbocycles. The molecule has 0 saturated heterocycles. The van der Waals surface area contributed by atoms with Gasteiger partial charge in [-0.1, -0.05) is 0 Å². The largest absolute Gasteiger partial charge is 0.716 e. The second-order valence-electron chi connectivity index (χ2n) is 14.1. The van der Waals surface area contributed by atoms with Crippen LogP contribution in [0.3, 0.4) is 0 Å². The molecule has 6 rings (SSSR count). The van der Waals surface area contributed by atoms with Gasteiger partial charge in [-0.15, -0.1) is 0 Å². The zero-order chi connectivity index (χ0) is 59.9. The predicted molar refractivity (Wildman–Crippen MR) is 239 cm³/mol. The van der Waals surface area contributed by atoms with E-state index in [4.69, 9.17) is 18.3 Å². The average Bonchev–Trinajstić information content (AvgIpc) is 3.30. The lowest BCUT2D eigenvalue weighted by molar-refractivity contribution is 0.347. The Bertz CT molecular complexity index is 4330. The summed E-state index contributed by atoms with van der Waals surface area (Å²) < 4.78 is 332. The number of rotatable bonds is 24. The third-order valence-electron chi connectivity index (χ3n) is 8.57. The third-order valence-corrected chi connectivity index (χ3v) is 11.6. The van der Waals surface area contributed by atoms with Crippen LogP contribution in [0.15, 0.2) is 91.2 Å². The molecule has 6 aromatic rings. The molecular formula is C34H16O38S8-8. The number of fused-ring (bicyclic) bond motifs is 2. The van der Waals surface area contributed by atoms with Gasteiger partial charge in [0.05, 0.1) is 0 Å². The van der Waals surface area contributed by atoms with Crippen molar-refractivity contribution in [3.05, 3.63) is 93.3 Å². The Kier molecular flexibility index (Phi) is 17.0. The fraction of sp³-hybridized carbons (Fsp3) is 0.0588. The molecule has 0 fully saturated rings. The minimum atomic E-state index is -6.06. The monoisotopic (exact) mass is 1290 g/mol. The van der Waals surface area contributed by atoms with Gasteiger partial charge in [0.25, 0.3) is 83.2 Å². The van der Waals surface area contributed by atoms with Gasteiger partial charge in [-0.25, -0.2) is 67.3 Å². The SMILES string of the molecule is O=c1c(OS(=O)(=O)[O-])c(-c2ccc(OS(=O)(=O)[O-])c(OS(=O)(=O)[O-])c2)oc2cc(OS(=O)(=O)[O-])cc(OC/C=C/COc3cc(OS(=O)(=O)[O-])cc4oc(-c5ccc(OS(=O)(=O)[O-])c(OS(=O)(=O)[O-])c5)c(OS(=O)(=O)[O-])c(=O)c34)c12. The maximum absolute atomic E-state index is 14.0. The van der Waals surface area contributed by atoms with E-state index in [1.807, 2.05) is 0 Å². The molecule has 46 heteroatoms. The second kappa shape index (κ2) is 22.1. The first kappa shape index (κ1) is 61.5. The molecular weight excluding hydrogens is 1270 g/mol. The molecule has 2 aromatic heterocycles. The molecule has 4 aromatic carbocycles. The maximum atomic E-state index is 14.0. The van der Waals surface area contributed by atoms with E-state index in [-0.39, 0.29) is 12.1 Å². The van der Waals surface area contributed by atoms with E-state index >= 15 is 0 Å². The molecule has 2 heterocycles. The summed E-state index contributed by atoms with van der Waals surface area (Å²) in [4.78, 5) is 27.9. The van der Waals surface area contributed by atoms with Gasteiger partial charge in [-0.05, 0) is 48.6 Å². The first-order valence-electron chi connectivity index (χ1n) is 19.1. The molecule has 0 aliphatic rings. The summed E-state index contributed by atoms with van der Waals surface area (Å²) in [6.07, 6.45) is 1.79. The Morgan fingerprint density at radius 2 is 0.637 bits per heavy atom. The van der Waals surface area contributed by atoms with Crippen molar-refractivity contribution in [2.45, 2.75) is 0 Å². The van der Waals surface area contributed by atoms with Gasteiger partial charge in [0, 0.05) is 35.4 Å². The van der Waals surface area contributed by atoms with Crippen LogP contribution in [0.4, 0.5) is 0 Å². The lowest BCUT2D eigenvalue weighted by Crippen LogP contribution is -2.17. The Balaban J connectivity index is 1.44. The third kappa shape index (κ3) is 17.4. The Labute approximate surface area is 445 Å². The summed E-state index contributed by atoms with van der Waals surface area (Å²) in [6.45, 7) is -1.80. The zero-order valence-corrected chi connectivity index (χ0v) is 43.7. The van der Waals surface area contributed by atoms with Gasteiger partial charge in [0.2, 0.25) is 22.4 Å². The normalized spacial score (nSPS) is 12.9. The molecule has 0 N–H and O–H groups in total. The molecule has 0 aliphatic carbocycles. The quantitative estimate of drug-likeness (QED) is 0.0358. The summed E-state index contributed by atoms with van der Waals surface area (Å²) in [5, 5.41) is -2.05. The highest BCUT2D eigenvalue weighted by molar-refractivity contribution is 7.82. The van der Waals surface area contributed by atoms with Crippen molar-refractivity contribution in [1.29, 1.82) is 0 Å². The summed E-state index contributed by atoms with van der Waals surface area (Å²) in [5.74, 6) is -15.6. The van der Waals surface area contributed by atoms with E-state index in [2.05, 4.69) is 33.5 Å². The Hall–Kier alpha value is -7.68. The molecule has 0 spiro atoms. The zero-order valence-electron chi connectivity index (χ0n) is 37.1. The topological polar surface area (TPSA) is 610 Å². The first-order chi connectivity index (χ1) is 36.4. The number of benzene rings is 4. The Morgan fingerprint density at radius 1 is 0.350 bits per heavy atom. The van der Waals surface area contributed by atoms with Gasteiger partial charge >= 0.3 is 0 Å².